The molecule has 2 aromatic heterocycles. The summed E-state index contributed by atoms with van der Waals surface area (Å²) in [5, 5.41) is 15.8. The number of nitrogens with one attached hydrogen (secondary N) is 1. The molecule has 4 heterocycles. The number of fused-ring (bicyclic) bond motifs is 4. The number of anilines is 1. The number of benzene rings is 2. The van der Waals surface area contributed by atoms with E-state index < -0.39 is 5.82 Å². The van der Waals surface area contributed by atoms with E-state index >= 15 is 4.39 Å². The lowest BCUT2D eigenvalue weighted by Gasteiger charge is -2.34. The Bertz CT molecular complexity index is 1430. The van der Waals surface area contributed by atoms with Gasteiger partial charge in [0.1, 0.15) is 17.0 Å². The lowest BCUT2D eigenvalue weighted by atomic mass is 10.0. The van der Waals surface area contributed by atoms with E-state index in [2.05, 4.69) is 20.2 Å². The van der Waals surface area contributed by atoms with Gasteiger partial charge in [-0.05, 0) is 24.3 Å². The molecule has 2 N–H and O–H groups in total. The molecule has 0 spiro atoms. The Labute approximate surface area is 213 Å². The average Bonchev–Trinajstić information content (AvgIpc) is 3.24. The monoisotopic (exact) mass is 507 g/mol. The second-order valence-electron chi connectivity index (χ2n) is 9.80. The minimum Gasteiger partial charge on any atom is -0.463 e. The van der Waals surface area contributed by atoms with Crippen LogP contribution in [-0.2, 0) is 0 Å². The third-order valence-electron chi connectivity index (χ3n) is 7.08. The molecular weight excluding hydrogens is 481 g/mol. The number of pyridine rings is 1. The summed E-state index contributed by atoms with van der Waals surface area (Å²) in [6.45, 7) is 3.62. The van der Waals surface area contributed by atoms with Crippen molar-refractivity contribution in [3.05, 3.63) is 53.4 Å². The highest BCUT2D eigenvalue weighted by molar-refractivity contribution is 6.36. The Balaban J connectivity index is 1.51. The van der Waals surface area contributed by atoms with Gasteiger partial charge in [-0.3, -0.25) is 4.98 Å². The second kappa shape index (κ2) is 9.42. The maximum absolute atomic E-state index is 16.3. The largest absolute Gasteiger partial charge is 0.463 e. The zero-order valence-corrected chi connectivity index (χ0v) is 20.7. The number of piperazine rings is 1. The topological polar surface area (TPSA) is 83.4 Å². The van der Waals surface area contributed by atoms with Crippen LogP contribution in [0.25, 0.3) is 32.9 Å². The summed E-state index contributed by atoms with van der Waals surface area (Å²) in [4.78, 5) is 15.9. The molecule has 2 aromatic carbocycles. The van der Waals surface area contributed by atoms with Crippen molar-refractivity contribution in [2.45, 2.75) is 31.8 Å². The minimum absolute atomic E-state index is 0.0220. The number of aliphatic hydroxyl groups excluding tert-OH is 1. The van der Waals surface area contributed by atoms with Gasteiger partial charge < -0.3 is 20.1 Å². The van der Waals surface area contributed by atoms with Crippen molar-refractivity contribution in [3.8, 4) is 17.3 Å². The molecule has 4 aromatic rings. The van der Waals surface area contributed by atoms with Gasteiger partial charge in [0, 0.05) is 59.9 Å². The Morgan fingerprint density at radius 3 is 2.67 bits per heavy atom. The van der Waals surface area contributed by atoms with Crippen molar-refractivity contribution in [1.29, 1.82) is 0 Å². The summed E-state index contributed by atoms with van der Waals surface area (Å²) in [5.41, 5.74) is 0.946. The zero-order chi connectivity index (χ0) is 24.8. The van der Waals surface area contributed by atoms with E-state index in [0.29, 0.717) is 33.9 Å². The number of halogens is 2. The standard InChI is InChI=1S/C27H27ClFN5O2/c1-15(13-35)14-36-27-32-25-20(26(33-27)34-11-17-8-9-18(12-34)31-17)10-30-24(23(25)29)19-6-2-4-16-5-3-7-21(28)22(16)19/h2-7,10,15,17-18,31,35H,8-9,11-14H2,1H3/t15-,17?,18?/m1/s1. The Hall–Kier alpha value is -3.07. The highest BCUT2D eigenvalue weighted by Crippen LogP contribution is 2.38. The van der Waals surface area contributed by atoms with Crippen LogP contribution in [0.3, 0.4) is 0 Å². The fourth-order valence-electron chi connectivity index (χ4n) is 5.25. The average molecular weight is 508 g/mol. The van der Waals surface area contributed by atoms with Gasteiger partial charge in [-0.1, -0.05) is 48.9 Å². The van der Waals surface area contributed by atoms with Crippen LogP contribution in [0.4, 0.5) is 10.2 Å². The first-order valence-corrected chi connectivity index (χ1v) is 12.7. The maximum Gasteiger partial charge on any atom is 0.319 e. The molecule has 2 unspecified atom stereocenters. The highest BCUT2D eigenvalue weighted by atomic mass is 35.5. The van der Waals surface area contributed by atoms with Crippen LogP contribution in [0.2, 0.25) is 5.02 Å². The SMILES string of the molecule is C[C@H](CO)COc1nc(N2CC3CCC(C2)N3)c2cnc(-c3cccc4cccc(Cl)c34)c(F)c2n1. The van der Waals surface area contributed by atoms with Crippen LogP contribution in [0.15, 0.2) is 42.6 Å². The first-order chi connectivity index (χ1) is 17.5. The molecule has 3 atom stereocenters. The Morgan fingerprint density at radius 2 is 1.92 bits per heavy atom. The Morgan fingerprint density at radius 1 is 1.17 bits per heavy atom. The third kappa shape index (κ3) is 4.13. The molecule has 6 rings (SSSR count). The van der Waals surface area contributed by atoms with Gasteiger partial charge in [-0.25, -0.2) is 4.39 Å². The molecule has 0 amide bonds. The lowest BCUT2D eigenvalue weighted by Crippen LogP contribution is -2.51. The van der Waals surface area contributed by atoms with Crippen LogP contribution < -0.4 is 15.0 Å². The van der Waals surface area contributed by atoms with Gasteiger partial charge in [-0.15, -0.1) is 0 Å². The summed E-state index contributed by atoms with van der Waals surface area (Å²) in [5.74, 6) is -0.0147. The van der Waals surface area contributed by atoms with Gasteiger partial charge in [0.2, 0.25) is 0 Å². The molecule has 9 heteroatoms. The van der Waals surface area contributed by atoms with Crippen molar-refractivity contribution >= 4 is 39.1 Å². The van der Waals surface area contributed by atoms with Crippen molar-refractivity contribution in [2.75, 3.05) is 31.2 Å². The quantitative estimate of drug-likeness (QED) is 0.395. The number of rotatable bonds is 6. The summed E-state index contributed by atoms with van der Waals surface area (Å²) >= 11 is 6.52. The number of aromatic nitrogens is 3. The van der Waals surface area contributed by atoms with Crippen molar-refractivity contribution < 1.29 is 14.2 Å². The molecule has 0 aliphatic carbocycles. The first kappa shape index (κ1) is 23.3. The molecule has 2 saturated heterocycles. The summed E-state index contributed by atoms with van der Waals surface area (Å²) in [7, 11) is 0. The van der Waals surface area contributed by atoms with E-state index in [1.807, 2.05) is 37.3 Å². The molecule has 2 aliphatic heterocycles. The van der Waals surface area contributed by atoms with Gasteiger partial charge in [0.05, 0.1) is 12.0 Å². The van der Waals surface area contributed by atoms with Crippen LogP contribution in [-0.4, -0.2) is 58.4 Å². The molecule has 0 radical (unpaired) electrons. The smallest absolute Gasteiger partial charge is 0.319 e. The van der Waals surface area contributed by atoms with E-state index in [1.165, 1.54) is 0 Å². The molecule has 2 bridgehead atoms. The molecule has 2 fully saturated rings. The summed E-state index contributed by atoms with van der Waals surface area (Å²) in [6, 6.07) is 12.1. The second-order valence-corrected chi connectivity index (χ2v) is 10.2. The maximum atomic E-state index is 16.3. The Kier molecular flexibility index (Phi) is 6.11. The molecule has 36 heavy (non-hydrogen) atoms. The number of aliphatic hydroxyl groups is 1. The zero-order valence-electron chi connectivity index (χ0n) is 19.9. The van der Waals surface area contributed by atoms with Crippen LogP contribution in [0.1, 0.15) is 19.8 Å². The number of ether oxygens (including phenoxy) is 1. The van der Waals surface area contributed by atoms with Gasteiger partial charge >= 0.3 is 6.01 Å². The van der Waals surface area contributed by atoms with Crippen molar-refractivity contribution in [1.82, 2.24) is 20.3 Å². The molecule has 7 nitrogen and oxygen atoms in total. The van der Waals surface area contributed by atoms with Crippen LogP contribution >= 0.6 is 11.6 Å². The molecule has 0 saturated carbocycles. The van der Waals surface area contributed by atoms with Crippen molar-refractivity contribution in [2.24, 2.45) is 5.92 Å². The highest BCUT2D eigenvalue weighted by Gasteiger charge is 2.34. The normalized spacial score (nSPS) is 20.3. The van der Waals surface area contributed by atoms with Gasteiger partial charge in [0.25, 0.3) is 0 Å². The number of hydrogen-bond donors (Lipinski definition) is 2. The van der Waals surface area contributed by atoms with E-state index in [0.717, 1.165) is 36.7 Å². The van der Waals surface area contributed by atoms with Gasteiger partial charge in [-0.2, -0.15) is 9.97 Å². The third-order valence-corrected chi connectivity index (χ3v) is 7.39. The van der Waals surface area contributed by atoms with E-state index in [1.54, 1.807) is 12.3 Å². The fourth-order valence-corrected chi connectivity index (χ4v) is 5.53. The minimum atomic E-state index is -0.540. The first-order valence-electron chi connectivity index (χ1n) is 12.3. The van der Waals surface area contributed by atoms with Gasteiger partial charge in [0.15, 0.2) is 5.82 Å². The van der Waals surface area contributed by atoms with Crippen LogP contribution in [0.5, 0.6) is 6.01 Å². The van der Waals surface area contributed by atoms with E-state index in [-0.39, 0.29) is 36.4 Å². The predicted molar refractivity (Wildman–Crippen MR) is 139 cm³/mol. The van der Waals surface area contributed by atoms with E-state index in [9.17, 15) is 5.11 Å². The summed E-state index contributed by atoms with van der Waals surface area (Å²) < 4.78 is 22.1. The van der Waals surface area contributed by atoms with Crippen LogP contribution in [0, 0.1) is 11.7 Å². The molecular formula is C27H27ClFN5O2. The molecule has 186 valence electrons. The molecule has 2 aliphatic rings. The summed E-state index contributed by atoms with van der Waals surface area (Å²) in [6.07, 6.45) is 3.88. The number of nitrogens with zero attached hydrogens (tertiary/aromatic N) is 4. The predicted octanol–water partition coefficient (Wildman–Crippen LogP) is 4.59. The van der Waals surface area contributed by atoms with Crippen molar-refractivity contribution in [3.63, 3.8) is 0 Å². The lowest BCUT2D eigenvalue weighted by molar-refractivity contribution is 0.167. The number of hydrogen-bond acceptors (Lipinski definition) is 7. The fraction of sp³-hybridized carbons (Fsp3) is 0.370. The van der Waals surface area contributed by atoms with E-state index in [4.69, 9.17) is 21.3 Å².